The number of unbranched alkanes of at least 4 members (excludes halogenated alkanes) is 6. The molecule has 0 saturated heterocycles. The van der Waals surface area contributed by atoms with Crippen molar-refractivity contribution >= 4 is 17.3 Å². The van der Waals surface area contributed by atoms with Gasteiger partial charge in [0, 0.05) is 22.9 Å². The number of rotatable bonds is 18. The monoisotopic (exact) mass is 492 g/mol. The third-order valence-electron chi connectivity index (χ3n) is 5.15. The third-order valence-corrected chi connectivity index (χ3v) is 5.15. The Morgan fingerprint density at radius 3 is 1.72 bits per heavy atom. The maximum atomic E-state index is 12.1. The van der Waals surface area contributed by atoms with Crippen molar-refractivity contribution in [1.29, 1.82) is 0 Å². The summed E-state index contributed by atoms with van der Waals surface area (Å²) in [7, 11) is 0. The number of azo groups is 1. The van der Waals surface area contributed by atoms with Crippen LogP contribution < -0.4 is 4.74 Å². The molecule has 0 radical (unpaired) electrons. The average molecular weight is 493 g/mol. The van der Waals surface area contributed by atoms with Crippen LogP contribution in [0.4, 0.5) is 11.4 Å². The number of hydrogen-bond donors (Lipinski definition) is 0. The van der Waals surface area contributed by atoms with Gasteiger partial charge in [-0.15, -0.1) is 0 Å². The number of carbonyl (C=O) groups is 1. The Morgan fingerprint density at radius 1 is 0.667 bits per heavy atom. The number of nitrogens with zero attached hydrogens (tertiary/aromatic N) is 8. The van der Waals surface area contributed by atoms with Crippen molar-refractivity contribution in [1.82, 2.24) is 0 Å². The fraction of sp³-hybridized carbons (Fsp3) is 0.480. The van der Waals surface area contributed by atoms with Crippen molar-refractivity contribution in [3.63, 3.8) is 0 Å². The van der Waals surface area contributed by atoms with E-state index in [2.05, 4.69) is 30.3 Å². The lowest BCUT2D eigenvalue weighted by Crippen LogP contribution is -2.06. The topological polar surface area (TPSA) is 158 Å². The predicted octanol–water partition coefficient (Wildman–Crippen LogP) is 8.38. The summed E-state index contributed by atoms with van der Waals surface area (Å²) in [6.07, 6.45) is 7.38. The van der Waals surface area contributed by atoms with Crippen LogP contribution in [0.25, 0.3) is 20.9 Å². The van der Waals surface area contributed by atoms with Crippen LogP contribution in [-0.4, -0.2) is 32.3 Å². The molecule has 0 amide bonds. The molecule has 0 N–H and O–H groups in total. The van der Waals surface area contributed by atoms with E-state index in [1.54, 1.807) is 24.3 Å². The van der Waals surface area contributed by atoms with E-state index in [1.807, 2.05) is 24.3 Å². The highest BCUT2D eigenvalue weighted by atomic mass is 16.5. The van der Waals surface area contributed by atoms with Crippen molar-refractivity contribution in [2.24, 2.45) is 20.5 Å². The zero-order valence-electron chi connectivity index (χ0n) is 20.4. The molecule has 11 nitrogen and oxygen atoms in total. The molecule has 190 valence electrons. The Bertz CT molecular complexity index is 1030. The molecule has 2 aromatic carbocycles. The number of hydrogen-bond acceptors (Lipinski definition) is 7. The molecule has 0 saturated carbocycles. The van der Waals surface area contributed by atoms with Crippen molar-refractivity contribution in [3.8, 4) is 5.75 Å². The Morgan fingerprint density at radius 2 is 1.17 bits per heavy atom. The Labute approximate surface area is 210 Å². The molecule has 36 heavy (non-hydrogen) atoms. The number of esters is 1. The molecule has 0 aromatic heterocycles. The summed E-state index contributed by atoms with van der Waals surface area (Å²) >= 11 is 0. The summed E-state index contributed by atoms with van der Waals surface area (Å²) in [6, 6.07) is 14.2. The lowest BCUT2D eigenvalue weighted by atomic mass is 10.2. The summed E-state index contributed by atoms with van der Waals surface area (Å²) in [6.45, 7) is 2.05. The van der Waals surface area contributed by atoms with Gasteiger partial charge in [-0.25, -0.2) is 4.79 Å². The highest BCUT2D eigenvalue weighted by Gasteiger charge is 2.06. The standard InChI is InChI=1S/C25H32N8O3/c26-32-28-17-5-1-3-7-19-35-24-15-13-23(14-16-24)31-30-22-11-9-21(10-12-22)25(34)36-20-8-4-2-6-18-29-33-27/h9-16H,1-8,17-20H2. The van der Waals surface area contributed by atoms with Crippen LogP contribution in [0.1, 0.15) is 61.7 Å². The Kier molecular flexibility index (Phi) is 14.3. The number of benzene rings is 2. The fourth-order valence-corrected chi connectivity index (χ4v) is 3.19. The van der Waals surface area contributed by atoms with Gasteiger partial charge in [-0.05, 0) is 85.3 Å². The van der Waals surface area contributed by atoms with Gasteiger partial charge in [0.1, 0.15) is 5.75 Å². The van der Waals surface area contributed by atoms with Crippen LogP contribution in [0.2, 0.25) is 0 Å². The first kappa shape index (κ1) is 28.2. The first-order valence-electron chi connectivity index (χ1n) is 12.2. The summed E-state index contributed by atoms with van der Waals surface area (Å²) in [5.74, 6) is 0.412. The quantitative estimate of drug-likeness (QED) is 0.0673. The van der Waals surface area contributed by atoms with Gasteiger partial charge in [0.05, 0.1) is 30.2 Å². The largest absolute Gasteiger partial charge is 0.494 e. The minimum atomic E-state index is -0.365. The minimum absolute atomic E-state index is 0.362. The molecule has 0 unspecified atom stereocenters. The smallest absolute Gasteiger partial charge is 0.338 e. The van der Waals surface area contributed by atoms with Crippen molar-refractivity contribution in [2.45, 2.75) is 51.4 Å². The van der Waals surface area contributed by atoms with E-state index in [1.165, 1.54) is 0 Å². The molecule has 2 aromatic rings. The molecule has 0 atom stereocenters. The summed E-state index contributed by atoms with van der Waals surface area (Å²) in [5.41, 5.74) is 18.2. The van der Waals surface area contributed by atoms with E-state index < -0.39 is 0 Å². The van der Waals surface area contributed by atoms with Crippen molar-refractivity contribution in [3.05, 3.63) is 75.0 Å². The van der Waals surface area contributed by atoms with E-state index in [4.69, 9.17) is 20.5 Å². The van der Waals surface area contributed by atoms with E-state index in [-0.39, 0.29) is 5.97 Å². The van der Waals surface area contributed by atoms with Crippen molar-refractivity contribution < 1.29 is 14.3 Å². The maximum Gasteiger partial charge on any atom is 0.338 e. The predicted molar refractivity (Wildman–Crippen MR) is 138 cm³/mol. The Hall–Kier alpha value is -4.07. The van der Waals surface area contributed by atoms with Gasteiger partial charge in [-0.3, -0.25) is 0 Å². The number of ether oxygens (including phenoxy) is 2. The summed E-state index contributed by atoms with van der Waals surface area (Å²) < 4.78 is 11.0. The molecule has 0 aliphatic rings. The van der Waals surface area contributed by atoms with Gasteiger partial charge in [0.25, 0.3) is 0 Å². The lowest BCUT2D eigenvalue weighted by Gasteiger charge is -2.06. The highest BCUT2D eigenvalue weighted by molar-refractivity contribution is 5.89. The highest BCUT2D eigenvalue weighted by Crippen LogP contribution is 2.22. The minimum Gasteiger partial charge on any atom is -0.494 e. The second-order valence-electron chi connectivity index (χ2n) is 7.96. The molecular weight excluding hydrogens is 460 g/mol. The third kappa shape index (κ3) is 12.4. The van der Waals surface area contributed by atoms with E-state index >= 15 is 0 Å². The van der Waals surface area contributed by atoms with Gasteiger partial charge >= 0.3 is 5.97 Å². The molecule has 0 aliphatic carbocycles. The zero-order chi connectivity index (χ0) is 25.7. The van der Waals surface area contributed by atoms with Crippen LogP contribution in [0.15, 0.2) is 69.0 Å². The molecule has 0 aliphatic heterocycles. The normalized spacial score (nSPS) is 10.4. The summed E-state index contributed by atoms with van der Waals surface area (Å²) in [5, 5.41) is 15.4. The molecule has 11 heteroatoms. The van der Waals surface area contributed by atoms with Crippen molar-refractivity contribution in [2.75, 3.05) is 26.3 Å². The first-order valence-corrected chi connectivity index (χ1v) is 12.2. The van der Waals surface area contributed by atoms with Gasteiger partial charge in [0.15, 0.2) is 0 Å². The molecule has 0 bridgehead atoms. The Balaban J connectivity index is 1.66. The SMILES string of the molecule is [N-]=[N+]=NCCCCCCOC(=O)c1ccc(N=Nc2ccc(OCCCCCCN=[N+]=[N-])cc2)cc1. The molecular formula is C25H32N8O3. The number of carbonyl (C=O) groups excluding carboxylic acids is 1. The van der Waals surface area contributed by atoms with E-state index in [9.17, 15) is 4.79 Å². The van der Waals surface area contributed by atoms with Crippen LogP contribution in [0.3, 0.4) is 0 Å². The van der Waals surface area contributed by atoms with Gasteiger partial charge in [-0.1, -0.05) is 35.9 Å². The van der Waals surface area contributed by atoms with Crippen LogP contribution in [0, 0.1) is 0 Å². The van der Waals surface area contributed by atoms with Crippen LogP contribution in [-0.2, 0) is 4.74 Å². The molecule has 0 fully saturated rings. The zero-order valence-corrected chi connectivity index (χ0v) is 20.4. The lowest BCUT2D eigenvalue weighted by molar-refractivity contribution is 0.0498. The molecule has 0 spiro atoms. The summed E-state index contributed by atoms with van der Waals surface area (Å²) in [4.78, 5) is 17.6. The average Bonchev–Trinajstić information content (AvgIpc) is 2.91. The number of azide groups is 2. The molecule has 2 rings (SSSR count). The molecule has 0 heterocycles. The van der Waals surface area contributed by atoms with Gasteiger partial charge < -0.3 is 9.47 Å². The van der Waals surface area contributed by atoms with E-state index in [0.717, 1.165) is 57.1 Å². The second kappa shape index (κ2) is 18.3. The van der Waals surface area contributed by atoms with Crippen LogP contribution >= 0.6 is 0 Å². The fourth-order valence-electron chi connectivity index (χ4n) is 3.19. The van der Waals surface area contributed by atoms with Gasteiger partial charge in [-0.2, -0.15) is 10.2 Å². The second-order valence-corrected chi connectivity index (χ2v) is 7.96. The van der Waals surface area contributed by atoms with Gasteiger partial charge in [0.2, 0.25) is 0 Å². The van der Waals surface area contributed by atoms with Crippen LogP contribution in [0.5, 0.6) is 5.75 Å². The maximum absolute atomic E-state index is 12.1. The first-order chi connectivity index (χ1) is 17.7. The van der Waals surface area contributed by atoms with E-state index in [0.29, 0.717) is 43.2 Å².